The molecule has 1 heterocycles. The minimum absolute atomic E-state index is 0.154. The van der Waals surface area contributed by atoms with Crippen LogP contribution in [0.2, 0.25) is 0 Å². The van der Waals surface area contributed by atoms with Crippen LogP contribution in [-0.4, -0.2) is 12.2 Å². The molecular formula is C12H12N4O. The van der Waals surface area contributed by atoms with E-state index in [4.69, 9.17) is 15.6 Å². The standard InChI is InChI=1S/C12H12N4O/c13-12(14)16(10-5-2-1-3-6-10)15-9-11-7-4-8-17-11/h1-9H,(H3,13,14). The first kappa shape index (κ1) is 10.9. The van der Waals surface area contributed by atoms with E-state index in [-0.39, 0.29) is 5.96 Å². The van der Waals surface area contributed by atoms with Crippen LogP contribution in [0.25, 0.3) is 0 Å². The summed E-state index contributed by atoms with van der Waals surface area (Å²) in [6, 6.07) is 12.8. The molecule has 17 heavy (non-hydrogen) atoms. The third-order valence-corrected chi connectivity index (χ3v) is 2.07. The number of nitrogens with zero attached hydrogens (tertiary/aromatic N) is 2. The summed E-state index contributed by atoms with van der Waals surface area (Å²) in [6.45, 7) is 0. The Balaban J connectivity index is 2.22. The largest absolute Gasteiger partial charge is 0.463 e. The summed E-state index contributed by atoms with van der Waals surface area (Å²) in [5, 5.41) is 12.9. The Morgan fingerprint density at radius 1 is 1.24 bits per heavy atom. The van der Waals surface area contributed by atoms with Crippen LogP contribution in [-0.2, 0) is 0 Å². The summed E-state index contributed by atoms with van der Waals surface area (Å²) >= 11 is 0. The molecule has 5 heteroatoms. The first-order valence-electron chi connectivity index (χ1n) is 5.04. The molecule has 0 bridgehead atoms. The zero-order chi connectivity index (χ0) is 12.1. The fourth-order valence-corrected chi connectivity index (χ4v) is 1.32. The number of nitrogens with one attached hydrogen (secondary N) is 1. The van der Waals surface area contributed by atoms with Crippen molar-refractivity contribution in [2.24, 2.45) is 10.8 Å². The minimum atomic E-state index is -0.154. The van der Waals surface area contributed by atoms with Crippen LogP contribution in [0.5, 0.6) is 0 Å². The van der Waals surface area contributed by atoms with E-state index < -0.39 is 0 Å². The van der Waals surface area contributed by atoms with E-state index in [2.05, 4.69) is 5.10 Å². The van der Waals surface area contributed by atoms with Gasteiger partial charge in [-0.25, -0.2) is 5.01 Å². The van der Waals surface area contributed by atoms with Crippen LogP contribution in [0, 0.1) is 5.41 Å². The van der Waals surface area contributed by atoms with Crippen molar-refractivity contribution < 1.29 is 4.42 Å². The molecule has 3 N–H and O–H groups in total. The van der Waals surface area contributed by atoms with Crippen molar-refractivity contribution in [2.75, 3.05) is 5.01 Å². The number of guanidine groups is 1. The van der Waals surface area contributed by atoms with E-state index in [1.807, 2.05) is 30.3 Å². The van der Waals surface area contributed by atoms with E-state index in [1.165, 1.54) is 11.2 Å². The number of furan rings is 1. The van der Waals surface area contributed by atoms with Gasteiger partial charge in [0.2, 0.25) is 5.96 Å². The number of benzene rings is 1. The molecule has 5 nitrogen and oxygen atoms in total. The minimum Gasteiger partial charge on any atom is -0.463 e. The van der Waals surface area contributed by atoms with Crippen LogP contribution >= 0.6 is 0 Å². The topological polar surface area (TPSA) is 78.6 Å². The van der Waals surface area contributed by atoms with Gasteiger partial charge >= 0.3 is 0 Å². The number of hydrogen-bond acceptors (Lipinski definition) is 3. The van der Waals surface area contributed by atoms with E-state index in [0.717, 1.165) is 5.69 Å². The molecule has 0 radical (unpaired) electrons. The second kappa shape index (κ2) is 4.98. The first-order chi connectivity index (χ1) is 8.27. The molecule has 2 rings (SSSR count). The Morgan fingerprint density at radius 3 is 2.59 bits per heavy atom. The molecule has 1 aromatic carbocycles. The fourth-order valence-electron chi connectivity index (χ4n) is 1.32. The molecule has 0 unspecified atom stereocenters. The summed E-state index contributed by atoms with van der Waals surface area (Å²) < 4.78 is 5.11. The van der Waals surface area contributed by atoms with Gasteiger partial charge in [-0.15, -0.1) is 0 Å². The second-order valence-corrected chi connectivity index (χ2v) is 3.29. The van der Waals surface area contributed by atoms with Gasteiger partial charge in [0.05, 0.1) is 18.2 Å². The van der Waals surface area contributed by atoms with Crippen molar-refractivity contribution in [3.63, 3.8) is 0 Å². The van der Waals surface area contributed by atoms with Crippen molar-refractivity contribution in [2.45, 2.75) is 0 Å². The number of anilines is 1. The highest BCUT2D eigenvalue weighted by atomic mass is 16.3. The summed E-state index contributed by atoms with van der Waals surface area (Å²) in [4.78, 5) is 0. The van der Waals surface area contributed by atoms with Gasteiger partial charge in [-0.3, -0.25) is 5.41 Å². The van der Waals surface area contributed by atoms with Crippen molar-refractivity contribution in [3.8, 4) is 0 Å². The lowest BCUT2D eigenvalue weighted by Crippen LogP contribution is -2.32. The second-order valence-electron chi connectivity index (χ2n) is 3.29. The summed E-state index contributed by atoms with van der Waals surface area (Å²) in [6.07, 6.45) is 3.07. The van der Waals surface area contributed by atoms with E-state index in [0.29, 0.717) is 5.76 Å². The maximum Gasteiger partial charge on any atom is 0.214 e. The van der Waals surface area contributed by atoms with Crippen LogP contribution < -0.4 is 10.7 Å². The molecule has 0 aliphatic heterocycles. The summed E-state index contributed by atoms with van der Waals surface area (Å²) in [5.41, 5.74) is 6.20. The van der Waals surface area contributed by atoms with Crippen LogP contribution in [0.1, 0.15) is 5.76 Å². The first-order valence-corrected chi connectivity index (χ1v) is 5.04. The van der Waals surface area contributed by atoms with Crippen molar-refractivity contribution in [3.05, 3.63) is 54.5 Å². The Labute approximate surface area is 98.7 Å². The fraction of sp³-hybridized carbons (Fsp3) is 0. The lowest BCUT2D eigenvalue weighted by molar-refractivity contribution is 0.560. The molecular weight excluding hydrogens is 216 g/mol. The van der Waals surface area contributed by atoms with E-state index >= 15 is 0 Å². The van der Waals surface area contributed by atoms with Gasteiger partial charge in [-0.05, 0) is 24.3 Å². The van der Waals surface area contributed by atoms with E-state index in [9.17, 15) is 0 Å². The molecule has 0 aliphatic carbocycles. The maximum atomic E-state index is 7.48. The number of hydrogen-bond donors (Lipinski definition) is 2. The van der Waals surface area contributed by atoms with Crippen LogP contribution in [0.15, 0.2) is 58.2 Å². The van der Waals surface area contributed by atoms with Gasteiger partial charge in [-0.2, -0.15) is 5.10 Å². The van der Waals surface area contributed by atoms with Gasteiger partial charge in [0, 0.05) is 0 Å². The zero-order valence-corrected chi connectivity index (χ0v) is 9.08. The van der Waals surface area contributed by atoms with E-state index in [1.54, 1.807) is 18.4 Å². The van der Waals surface area contributed by atoms with Gasteiger partial charge in [-0.1, -0.05) is 18.2 Å². The number of hydrazone groups is 1. The Bertz CT molecular complexity index is 505. The number of para-hydroxylation sites is 1. The smallest absolute Gasteiger partial charge is 0.214 e. The Kier molecular flexibility index (Phi) is 3.20. The molecule has 2 aromatic rings. The highest BCUT2D eigenvalue weighted by Gasteiger charge is 2.06. The molecule has 0 amide bonds. The van der Waals surface area contributed by atoms with Crippen molar-refractivity contribution in [1.29, 1.82) is 5.41 Å². The third-order valence-electron chi connectivity index (χ3n) is 2.07. The number of nitrogens with two attached hydrogens (primary N) is 1. The van der Waals surface area contributed by atoms with Gasteiger partial charge < -0.3 is 10.2 Å². The van der Waals surface area contributed by atoms with Gasteiger partial charge in [0.1, 0.15) is 5.76 Å². The molecule has 0 saturated heterocycles. The lowest BCUT2D eigenvalue weighted by Gasteiger charge is -2.15. The average molecular weight is 228 g/mol. The van der Waals surface area contributed by atoms with Crippen molar-refractivity contribution in [1.82, 2.24) is 0 Å². The van der Waals surface area contributed by atoms with Gasteiger partial charge in [0.15, 0.2) is 0 Å². The maximum absolute atomic E-state index is 7.48. The lowest BCUT2D eigenvalue weighted by atomic mass is 10.3. The highest BCUT2D eigenvalue weighted by molar-refractivity contribution is 5.93. The summed E-state index contributed by atoms with van der Waals surface area (Å²) in [7, 11) is 0. The monoisotopic (exact) mass is 228 g/mol. The molecule has 0 spiro atoms. The van der Waals surface area contributed by atoms with Crippen LogP contribution in [0.4, 0.5) is 5.69 Å². The molecule has 86 valence electrons. The Morgan fingerprint density at radius 2 is 2.00 bits per heavy atom. The highest BCUT2D eigenvalue weighted by Crippen LogP contribution is 2.12. The predicted octanol–water partition coefficient (Wildman–Crippen LogP) is 2.01. The molecule has 0 fully saturated rings. The van der Waals surface area contributed by atoms with Crippen LogP contribution in [0.3, 0.4) is 0 Å². The van der Waals surface area contributed by atoms with Crippen molar-refractivity contribution >= 4 is 17.9 Å². The summed E-state index contributed by atoms with van der Waals surface area (Å²) in [5.74, 6) is 0.450. The number of rotatable bonds is 3. The zero-order valence-electron chi connectivity index (χ0n) is 9.08. The third kappa shape index (κ3) is 2.72. The normalized spacial score (nSPS) is 10.6. The quantitative estimate of drug-likeness (QED) is 0.479. The Hall–Kier alpha value is -2.56. The SMILES string of the molecule is N=C(N)N(N=Cc1ccco1)c1ccccc1. The predicted molar refractivity (Wildman–Crippen MR) is 67.1 cm³/mol. The molecule has 0 aliphatic rings. The average Bonchev–Trinajstić information content (AvgIpc) is 2.83. The molecule has 0 atom stereocenters. The molecule has 0 saturated carbocycles. The van der Waals surface area contributed by atoms with Gasteiger partial charge in [0.25, 0.3) is 0 Å². The molecule has 1 aromatic heterocycles.